The van der Waals surface area contributed by atoms with Gasteiger partial charge in [0, 0.05) is 50.9 Å². The van der Waals surface area contributed by atoms with E-state index >= 15 is 0 Å². The third-order valence-corrected chi connectivity index (χ3v) is 5.76. The molecular weight excluding hydrogens is 448 g/mol. The zero-order chi connectivity index (χ0) is 24.6. The quantitative estimate of drug-likeness (QED) is 0.508. The van der Waals surface area contributed by atoms with E-state index < -0.39 is 6.03 Å². The maximum atomic E-state index is 12.6. The topological polar surface area (TPSA) is 101 Å². The summed E-state index contributed by atoms with van der Waals surface area (Å²) in [5.74, 6) is 2.52. The SMILES string of the molecule is COc1cc(NC(=O)Nc2cc(N3CCN(Cc4ccccc4)CC3)ncn2)cc(OC)c1OC. The first-order valence-electron chi connectivity index (χ1n) is 11.3. The molecule has 1 aromatic heterocycles. The number of anilines is 3. The second kappa shape index (κ2) is 11.4. The molecule has 1 fully saturated rings. The van der Waals surface area contributed by atoms with Crippen molar-refractivity contribution >= 4 is 23.4 Å². The minimum atomic E-state index is -0.448. The Kier molecular flexibility index (Phi) is 7.84. The van der Waals surface area contributed by atoms with Gasteiger partial charge in [-0.1, -0.05) is 30.3 Å². The van der Waals surface area contributed by atoms with Crippen LogP contribution in [0.3, 0.4) is 0 Å². The number of hydrogen-bond donors (Lipinski definition) is 2. The first-order valence-corrected chi connectivity index (χ1v) is 11.3. The number of urea groups is 1. The van der Waals surface area contributed by atoms with Crippen LogP contribution in [0.25, 0.3) is 0 Å². The summed E-state index contributed by atoms with van der Waals surface area (Å²) < 4.78 is 16.0. The Morgan fingerprint density at radius 2 is 1.57 bits per heavy atom. The van der Waals surface area contributed by atoms with Gasteiger partial charge >= 0.3 is 6.03 Å². The maximum Gasteiger partial charge on any atom is 0.324 e. The molecule has 2 N–H and O–H groups in total. The zero-order valence-corrected chi connectivity index (χ0v) is 20.2. The zero-order valence-electron chi connectivity index (χ0n) is 20.2. The minimum absolute atomic E-state index is 0.409. The van der Waals surface area contributed by atoms with Gasteiger partial charge in [-0.25, -0.2) is 14.8 Å². The van der Waals surface area contributed by atoms with E-state index in [0.717, 1.165) is 38.5 Å². The van der Waals surface area contributed by atoms with Crippen LogP contribution in [0.4, 0.5) is 22.1 Å². The summed E-state index contributed by atoms with van der Waals surface area (Å²) in [6.07, 6.45) is 1.46. The van der Waals surface area contributed by atoms with Crippen LogP contribution < -0.4 is 29.7 Å². The Balaban J connectivity index is 1.35. The molecule has 35 heavy (non-hydrogen) atoms. The highest BCUT2D eigenvalue weighted by molar-refractivity contribution is 5.99. The van der Waals surface area contributed by atoms with Gasteiger partial charge < -0.3 is 24.4 Å². The number of carbonyl (C=O) groups is 1. The third kappa shape index (κ3) is 6.10. The van der Waals surface area contributed by atoms with Gasteiger partial charge in [0.15, 0.2) is 11.5 Å². The van der Waals surface area contributed by atoms with E-state index in [1.165, 1.54) is 33.2 Å². The summed E-state index contributed by atoms with van der Waals surface area (Å²) in [6.45, 7) is 4.50. The lowest BCUT2D eigenvalue weighted by molar-refractivity contribution is 0.249. The average molecular weight is 479 g/mol. The minimum Gasteiger partial charge on any atom is -0.493 e. The number of carbonyl (C=O) groups excluding carboxylic acids is 1. The average Bonchev–Trinajstić information content (AvgIpc) is 2.89. The fraction of sp³-hybridized carbons (Fsp3) is 0.320. The molecule has 2 aromatic carbocycles. The number of aromatic nitrogens is 2. The largest absolute Gasteiger partial charge is 0.493 e. The summed E-state index contributed by atoms with van der Waals surface area (Å²) in [7, 11) is 4.56. The molecule has 184 valence electrons. The van der Waals surface area contributed by atoms with E-state index in [4.69, 9.17) is 14.2 Å². The number of hydrogen-bond acceptors (Lipinski definition) is 8. The predicted molar refractivity (Wildman–Crippen MR) is 135 cm³/mol. The van der Waals surface area contributed by atoms with Gasteiger partial charge in [0.2, 0.25) is 5.75 Å². The Hall–Kier alpha value is -4.05. The summed E-state index contributed by atoms with van der Waals surface area (Å²) in [6, 6.07) is 15.1. The van der Waals surface area contributed by atoms with Crippen molar-refractivity contribution in [1.29, 1.82) is 0 Å². The Labute approximate surface area is 204 Å². The molecule has 0 spiro atoms. The molecule has 0 bridgehead atoms. The van der Waals surface area contributed by atoms with Crippen LogP contribution in [0, 0.1) is 0 Å². The molecule has 0 unspecified atom stereocenters. The summed E-state index contributed by atoms with van der Waals surface area (Å²) >= 11 is 0. The summed E-state index contributed by atoms with van der Waals surface area (Å²) in [4.78, 5) is 25.8. The van der Waals surface area contributed by atoms with Crippen molar-refractivity contribution in [3.8, 4) is 17.2 Å². The number of nitrogens with zero attached hydrogens (tertiary/aromatic N) is 4. The van der Waals surface area contributed by atoms with E-state index in [-0.39, 0.29) is 0 Å². The highest BCUT2D eigenvalue weighted by Crippen LogP contribution is 2.39. The van der Waals surface area contributed by atoms with Gasteiger partial charge in [0.25, 0.3) is 0 Å². The summed E-state index contributed by atoms with van der Waals surface area (Å²) in [5.41, 5.74) is 1.80. The fourth-order valence-electron chi connectivity index (χ4n) is 4.00. The van der Waals surface area contributed by atoms with E-state index in [2.05, 4.69) is 54.7 Å². The molecule has 2 heterocycles. The van der Waals surface area contributed by atoms with Crippen molar-refractivity contribution in [2.75, 3.05) is 63.0 Å². The second-order valence-electron chi connectivity index (χ2n) is 8.00. The van der Waals surface area contributed by atoms with E-state index in [1.54, 1.807) is 18.2 Å². The predicted octanol–water partition coefficient (Wildman–Crippen LogP) is 3.47. The van der Waals surface area contributed by atoms with E-state index in [1.807, 2.05) is 6.07 Å². The Bertz CT molecular complexity index is 1110. The van der Waals surface area contributed by atoms with Crippen LogP contribution in [0.15, 0.2) is 54.9 Å². The highest BCUT2D eigenvalue weighted by Gasteiger charge is 2.19. The molecule has 10 heteroatoms. The molecule has 10 nitrogen and oxygen atoms in total. The van der Waals surface area contributed by atoms with Gasteiger partial charge in [0.05, 0.1) is 27.0 Å². The molecule has 0 saturated carbocycles. The molecule has 3 aromatic rings. The molecule has 0 aliphatic carbocycles. The van der Waals surface area contributed by atoms with Crippen LogP contribution in [0.1, 0.15) is 5.56 Å². The molecule has 1 saturated heterocycles. The lowest BCUT2D eigenvalue weighted by atomic mass is 10.2. The van der Waals surface area contributed by atoms with Crippen molar-refractivity contribution in [1.82, 2.24) is 14.9 Å². The third-order valence-electron chi connectivity index (χ3n) is 5.76. The Morgan fingerprint density at radius 3 is 2.20 bits per heavy atom. The lowest BCUT2D eigenvalue weighted by Gasteiger charge is -2.35. The van der Waals surface area contributed by atoms with Crippen LogP contribution >= 0.6 is 0 Å². The molecular formula is C25H30N6O4. The molecule has 4 rings (SSSR count). The fourth-order valence-corrected chi connectivity index (χ4v) is 4.00. The number of nitrogens with one attached hydrogen (secondary N) is 2. The number of ether oxygens (including phenoxy) is 3. The number of piperazine rings is 1. The van der Waals surface area contributed by atoms with Gasteiger partial charge in [-0.2, -0.15) is 0 Å². The first kappa shape index (κ1) is 24.1. The summed E-state index contributed by atoms with van der Waals surface area (Å²) in [5, 5.41) is 5.54. The number of methoxy groups -OCH3 is 3. The molecule has 0 atom stereocenters. The van der Waals surface area contributed by atoms with Gasteiger partial charge in [0.1, 0.15) is 18.0 Å². The number of benzene rings is 2. The number of amides is 2. The van der Waals surface area contributed by atoms with Crippen LogP contribution in [-0.4, -0.2) is 68.4 Å². The van der Waals surface area contributed by atoms with Crippen molar-refractivity contribution in [3.63, 3.8) is 0 Å². The van der Waals surface area contributed by atoms with Gasteiger partial charge in [-0.05, 0) is 5.56 Å². The van der Waals surface area contributed by atoms with Crippen molar-refractivity contribution in [2.45, 2.75) is 6.54 Å². The molecule has 1 aliphatic heterocycles. The van der Waals surface area contributed by atoms with Gasteiger partial charge in [-0.3, -0.25) is 10.2 Å². The smallest absolute Gasteiger partial charge is 0.324 e. The van der Waals surface area contributed by atoms with Gasteiger partial charge in [-0.15, -0.1) is 0 Å². The van der Waals surface area contributed by atoms with Crippen LogP contribution in [0.5, 0.6) is 17.2 Å². The Morgan fingerprint density at radius 1 is 0.886 bits per heavy atom. The van der Waals surface area contributed by atoms with Crippen molar-refractivity contribution in [2.24, 2.45) is 0 Å². The second-order valence-corrected chi connectivity index (χ2v) is 8.00. The maximum absolute atomic E-state index is 12.6. The van der Waals surface area contributed by atoms with Crippen molar-refractivity contribution < 1.29 is 19.0 Å². The van der Waals surface area contributed by atoms with Crippen molar-refractivity contribution in [3.05, 3.63) is 60.4 Å². The highest BCUT2D eigenvalue weighted by atomic mass is 16.5. The lowest BCUT2D eigenvalue weighted by Crippen LogP contribution is -2.46. The van der Waals surface area contributed by atoms with Crippen LogP contribution in [-0.2, 0) is 6.54 Å². The molecule has 0 radical (unpaired) electrons. The normalized spacial score (nSPS) is 13.7. The standard InChI is InChI=1S/C25H30N6O4/c1-33-20-13-19(14-21(34-2)24(20)35-3)28-25(32)29-22-15-23(27-17-26-22)31-11-9-30(10-12-31)16-18-7-5-4-6-8-18/h4-8,13-15,17H,9-12,16H2,1-3H3,(H2,26,27,28,29,32). The first-order chi connectivity index (χ1) is 17.1. The molecule has 1 aliphatic rings. The monoisotopic (exact) mass is 478 g/mol. The number of rotatable bonds is 8. The van der Waals surface area contributed by atoms with E-state index in [0.29, 0.717) is 28.8 Å². The van der Waals surface area contributed by atoms with E-state index in [9.17, 15) is 4.79 Å². The van der Waals surface area contributed by atoms with Crippen LogP contribution in [0.2, 0.25) is 0 Å². The molecule has 2 amide bonds.